The minimum atomic E-state index is -0.145. The first-order valence-corrected chi connectivity index (χ1v) is 7.62. The number of carbonyl (C=O) groups is 1. The Kier molecular flexibility index (Phi) is 4.39. The Bertz CT molecular complexity index is 772. The van der Waals surface area contributed by atoms with Crippen LogP contribution in [0.4, 0.5) is 0 Å². The van der Waals surface area contributed by atoms with Crippen molar-refractivity contribution in [3.05, 3.63) is 71.4 Å². The second-order valence-electron chi connectivity index (χ2n) is 5.16. The van der Waals surface area contributed by atoms with Crippen molar-refractivity contribution >= 4 is 29.3 Å². The molecule has 1 saturated heterocycles. The van der Waals surface area contributed by atoms with Gasteiger partial charge in [0.05, 0.1) is 0 Å². The van der Waals surface area contributed by atoms with E-state index >= 15 is 0 Å². The number of nitrogens with zero attached hydrogens (tertiary/aromatic N) is 1. The normalized spacial score (nSPS) is 15.9. The lowest BCUT2D eigenvalue weighted by Crippen LogP contribution is -2.25. The van der Waals surface area contributed by atoms with Crippen LogP contribution < -0.4 is 10.1 Å². The number of ether oxygens (including phenoxy) is 1. The smallest absolute Gasteiger partial charge is 0.276 e. The van der Waals surface area contributed by atoms with Gasteiger partial charge in [-0.15, -0.1) is 0 Å². The number of thiocarbonyl (C=S) groups is 1. The molecule has 0 radical (unpaired) electrons. The standard InChI is InChI=1S/C18H16N2O2S/c1-20-17(21)15(19-18(20)23)11-14-9-5-6-10-16(14)22-12-13-7-3-2-4-8-13/h2-11H,12H2,1H3,(H,19,23)/b15-11+. The molecule has 0 aromatic heterocycles. The Balaban J connectivity index is 1.81. The van der Waals surface area contributed by atoms with Crippen molar-refractivity contribution in [3.8, 4) is 5.75 Å². The molecular weight excluding hydrogens is 308 g/mol. The van der Waals surface area contributed by atoms with Gasteiger partial charge in [0.25, 0.3) is 5.91 Å². The van der Waals surface area contributed by atoms with E-state index in [9.17, 15) is 4.79 Å². The number of para-hydroxylation sites is 1. The fourth-order valence-electron chi connectivity index (χ4n) is 2.25. The van der Waals surface area contributed by atoms with Crippen LogP contribution in [0.2, 0.25) is 0 Å². The number of likely N-dealkylation sites (N-methyl/N-ethyl adjacent to an activating group) is 1. The summed E-state index contributed by atoms with van der Waals surface area (Å²) in [6.45, 7) is 0.473. The highest BCUT2D eigenvalue weighted by atomic mass is 32.1. The number of hydrogen-bond acceptors (Lipinski definition) is 3. The molecular formula is C18H16N2O2S. The van der Waals surface area contributed by atoms with E-state index < -0.39 is 0 Å². The van der Waals surface area contributed by atoms with Crippen molar-refractivity contribution in [2.75, 3.05) is 7.05 Å². The largest absolute Gasteiger partial charge is 0.488 e. The molecule has 2 aromatic carbocycles. The maximum Gasteiger partial charge on any atom is 0.276 e. The fraction of sp³-hybridized carbons (Fsp3) is 0.111. The van der Waals surface area contributed by atoms with E-state index in [1.165, 1.54) is 4.90 Å². The predicted octanol–water partition coefficient (Wildman–Crippen LogP) is 2.95. The highest BCUT2D eigenvalue weighted by Crippen LogP contribution is 2.23. The topological polar surface area (TPSA) is 41.6 Å². The van der Waals surface area contributed by atoms with Crippen molar-refractivity contribution in [2.45, 2.75) is 6.61 Å². The van der Waals surface area contributed by atoms with Crippen molar-refractivity contribution in [3.63, 3.8) is 0 Å². The molecule has 0 atom stereocenters. The zero-order valence-corrected chi connectivity index (χ0v) is 13.5. The summed E-state index contributed by atoms with van der Waals surface area (Å²) in [5.41, 5.74) is 2.37. The van der Waals surface area contributed by atoms with Crippen molar-refractivity contribution in [1.82, 2.24) is 10.2 Å². The summed E-state index contributed by atoms with van der Waals surface area (Å²) < 4.78 is 5.89. The second-order valence-corrected chi connectivity index (χ2v) is 5.55. The third-order valence-corrected chi connectivity index (χ3v) is 3.91. The Morgan fingerprint density at radius 2 is 1.83 bits per heavy atom. The van der Waals surface area contributed by atoms with Gasteiger partial charge < -0.3 is 10.1 Å². The highest BCUT2D eigenvalue weighted by Gasteiger charge is 2.27. The van der Waals surface area contributed by atoms with Crippen LogP contribution in [-0.4, -0.2) is 23.0 Å². The van der Waals surface area contributed by atoms with Crippen LogP contribution in [0.5, 0.6) is 5.75 Å². The molecule has 23 heavy (non-hydrogen) atoms. The van der Waals surface area contributed by atoms with Gasteiger partial charge in [-0.3, -0.25) is 9.69 Å². The van der Waals surface area contributed by atoms with E-state index in [1.807, 2.05) is 54.6 Å². The molecule has 1 fully saturated rings. The summed E-state index contributed by atoms with van der Waals surface area (Å²) in [5, 5.41) is 3.32. The lowest BCUT2D eigenvalue weighted by atomic mass is 10.1. The number of nitrogens with one attached hydrogen (secondary N) is 1. The third-order valence-electron chi connectivity index (χ3n) is 3.54. The molecule has 5 heteroatoms. The van der Waals surface area contributed by atoms with Gasteiger partial charge in [0, 0.05) is 12.6 Å². The highest BCUT2D eigenvalue weighted by molar-refractivity contribution is 7.80. The van der Waals surface area contributed by atoms with Crippen molar-refractivity contribution < 1.29 is 9.53 Å². The number of hydrogen-bond donors (Lipinski definition) is 1. The second kappa shape index (κ2) is 6.62. The number of rotatable bonds is 4. The number of carbonyl (C=O) groups excluding carboxylic acids is 1. The SMILES string of the molecule is CN1C(=O)/C(=C\c2ccccc2OCc2ccccc2)NC1=S. The zero-order valence-electron chi connectivity index (χ0n) is 12.7. The lowest BCUT2D eigenvalue weighted by Gasteiger charge is -2.09. The zero-order chi connectivity index (χ0) is 16.2. The predicted molar refractivity (Wildman–Crippen MR) is 93.7 cm³/mol. The molecule has 1 aliphatic rings. The molecule has 4 nitrogen and oxygen atoms in total. The van der Waals surface area contributed by atoms with Crippen LogP contribution in [0.1, 0.15) is 11.1 Å². The Labute approximate surface area is 140 Å². The molecule has 2 aromatic rings. The first kappa shape index (κ1) is 15.2. The van der Waals surface area contributed by atoms with Crippen LogP contribution in [0.3, 0.4) is 0 Å². The van der Waals surface area contributed by atoms with Gasteiger partial charge in [0.2, 0.25) is 0 Å². The van der Waals surface area contributed by atoms with Crippen LogP contribution >= 0.6 is 12.2 Å². The molecule has 1 N–H and O–H groups in total. The van der Waals surface area contributed by atoms with Crippen LogP contribution in [0, 0.1) is 0 Å². The minimum Gasteiger partial charge on any atom is -0.488 e. The van der Waals surface area contributed by atoms with E-state index in [0.29, 0.717) is 17.4 Å². The molecule has 0 aliphatic carbocycles. The summed E-state index contributed by atoms with van der Waals surface area (Å²) in [6, 6.07) is 17.5. The van der Waals surface area contributed by atoms with Crippen LogP contribution in [0.25, 0.3) is 6.08 Å². The maximum atomic E-state index is 12.1. The number of benzene rings is 2. The first-order valence-electron chi connectivity index (χ1n) is 7.21. The Hall–Kier alpha value is -2.66. The molecule has 0 saturated carbocycles. The molecule has 1 heterocycles. The maximum absolute atomic E-state index is 12.1. The first-order chi connectivity index (χ1) is 11.1. The van der Waals surface area contributed by atoms with Crippen molar-refractivity contribution in [1.29, 1.82) is 0 Å². The minimum absolute atomic E-state index is 0.145. The quantitative estimate of drug-likeness (QED) is 0.693. The summed E-state index contributed by atoms with van der Waals surface area (Å²) in [5.74, 6) is 0.576. The third kappa shape index (κ3) is 3.40. The van der Waals surface area contributed by atoms with Crippen LogP contribution in [0.15, 0.2) is 60.3 Å². The molecule has 0 unspecified atom stereocenters. The monoisotopic (exact) mass is 324 g/mol. The van der Waals surface area contributed by atoms with Gasteiger partial charge in [0.1, 0.15) is 18.1 Å². The fourth-order valence-corrected chi connectivity index (χ4v) is 2.44. The molecule has 116 valence electrons. The van der Waals surface area contributed by atoms with Crippen molar-refractivity contribution in [2.24, 2.45) is 0 Å². The molecule has 1 aliphatic heterocycles. The van der Waals surface area contributed by atoms with E-state index in [2.05, 4.69) is 5.32 Å². The summed E-state index contributed by atoms with van der Waals surface area (Å²) in [4.78, 5) is 13.5. The van der Waals surface area contributed by atoms with Gasteiger partial charge in [-0.25, -0.2) is 0 Å². The average molecular weight is 324 g/mol. The molecule has 0 spiro atoms. The van der Waals surface area contributed by atoms with E-state index in [0.717, 1.165) is 16.9 Å². The Morgan fingerprint density at radius 3 is 2.52 bits per heavy atom. The molecule has 0 bridgehead atoms. The van der Waals surface area contributed by atoms with Gasteiger partial charge in [-0.05, 0) is 29.9 Å². The van der Waals surface area contributed by atoms with Gasteiger partial charge in [-0.2, -0.15) is 0 Å². The van der Waals surface area contributed by atoms with Gasteiger partial charge >= 0.3 is 0 Å². The average Bonchev–Trinajstić information content (AvgIpc) is 2.82. The summed E-state index contributed by atoms with van der Waals surface area (Å²) in [6.07, 6.45) is 1.76. The summed E-state index contributed by atoms with van der Waals surface area (Å²) in [7, 11) is 1.65. The molecule has 3 rings (SSSR count). The van der Waals surface area contributed by atoms with Gasteiger partial charge in [-0.1, -0.05) is 48.5 Å². The van der Waals surface area contributed by atoms with E-state index in [4.69, 9.17) is 17.0 Å². The van der Waals surface area contributed by atoms with E-state index in [1.54, 1.807) is 13.1 Å². The van der Waals surface area contributed by atoms with E-state index in [-0.39, 0.29) is 5.91 Å². The molecule has 1 amide bonds. The number of amides is 1. The van der Waals surface area contributed by atoms with Gasteiger partial charge in [0.15, 0.2) is 5.11 Å². The Morgan fingerprint density at radius 1 is 1.13 bits per heavy atom. The summed E-state index contributed by atoms with van der Waals surface area (Å²) >= 11 is 5.08. The lowest BCUT2D eigenvalue weighted by molar-refractivity contribution is -0.121. The van der Waals surface area contributed by atoms with Crippen LogP contribution in [-0.2, 0) is 11.4 Å².